The quantitative estimate of drug-likeness (QED) is 0.801. The summed E-state index contributed by atoms with van der Waals surface area (Å²) in [4.78, 5) is 42.2. The average Bonchev–Trinajstić information content (AvgIpc) is 3.45. The summed E-state index contributed by atoms with van der Waals surface area (Å²) in [6.45, 7) is 1.82. The zero-order chi connectivity index (χ0) is 20.0. The Bertz CT molecular complexity index is 965. The highest BCUT2D eigenvalue weighted by Crippen LogP contribution is 2.30. The smallest absolute Gasteiger partial charge is 0.256 e. The Morgan fingerprint density at radius 2 is 2.07 bits per heavy atom. The van der Waals surface area contributed by atoms with Crippen LogP contribution in [0.3, 0.4) is 0 Å². The summed E-state index contributed by atoms with van der Waals surface area (Å²) in [5, 5.41) is 6.08. The highest BCUT2D eigenvalue weighted by Gasteiger charge is 2.41. The van der Waals surface area contributed by atoms with Crippen molar-refractivity contribution in [1.29, 1.82) is 0 Å². The number of piperazine rings is 1. The van der Waals surface area contributed by atoms with E-state index in [2.05, 4.69) is 10.6 Å². The van der Waals surface area contributed by atoms with Crippen LogP contribution in [0.15, 0.2) is 41.0 Å². The van der Waals surface area contributed by atoms with Gasteiger partial charge in [-0.05, 0) is 49.7 Å². The van der Waals surface area contributed by atoms with E-state index in [1.165, 1.54) is 0 Å². The molecule has 150 valence electrons. The summed E-state index contributed by atoms with van der Waals surface area (Å²) < 4.78 is 5.43. The van der Waals surface area contributed by atoms with E-state index in [1.807, 2.05) is 12.1 Å². The van der Waals surface area contributed by atoms with Crippen molar-refractivity contribution in [3.63, 3.8) is 0 Å². The minimum Gasteiger partial charge on any atom is -0.464 e. The Labute approximate surface area is 167 Å². The number of amides is 3. The lowest BCUT2D eigenvalue weighted by molar-refractivity contribution is -0.137. The second-order valence-corrected chi connectivity index (χ2v) is 7.67. The number of hydrogen-bond donors (Lipinski definition) is 2. The molecule has 2 unspecified atom stereocenters. The number of nitrogens with zero attached hydrogens (tertiary/aromatic N) is 2. The molecule has 0 radical (unpaired) electrons. The molecular formula is C21H22N4O4. The molecule has 0 saturated carbocycles. The minimum absolute atomic E-state index is 0.0178. The first kappa shape index (κ1) is 17.9. The molecule has 5 rings (SSSR count). The number of furan rings is 1. The van der Waals surface area contributed by atoms with Gasteiger partial charge in [0.25, 0.3) is 5.91 Å². The van der Waals surface area contributed by atoms with E-state index in [9.17, 15) is 14.4 Å². The first-order valence-electron chi connectivity index (χ1n) is 9.94. The highest BCUT2D eigenvalue weighted by atomic mass is 16.3. The van der Waals surface area contributed by atoms with E-state index in [0.29, 0.717) is 30.1 Å². The molecule has 3 aliphatic heterocycles. The van der Waals surface area contributed by atoms with Gasteiger partial charge in [0, 0.05) is 18.7 Å². The summed E-state index contributed by atoms with van der Waals surface area (Å²) in [7, 11) is 0. The van der Waals surface area contributed by atoms with E-state index < -0.39 is 6.04 Å². The van der Waals surface area contributed by atoms with Gasteiger partial charge in [0.15, 0.2) is 0 Å². The third-order valence-electron chi connectivity index (χ3n) is 5.93. The Morgan fingerprint density at radius 1 is 1.17 bits per heavy atom. The molecule has 2 aromatic rings. The number of carbonyl (C=O) groups is 3. The van der Waals surface area contributed by atoms with E-state index in [-0.39, 0.29) is 30.3 Å². The van der Waals surface area contributed by atoms with Crippen LogP contribution in [0.1, 0.15) is 23.2 Å². The van der Waals surface area contributed by atoms with Crippen molar-refractivity contribution in [3.8, 4) is 11.3 Å². The van der Waals surface area contributed by atoms with E-state index in [1.54, 1.807) is 34.3 Å². The SMILES string of the molecule is O=C1Nc2ccc(-c3ccco3)cc2C(=O)N2CCN(C(=O)C3CCCN3)CC12. The predicted octanol–water partition coefficient (Wildman–Crippen LogP) is 1.30. The lowest BCUT2D eigenvalue weighted by Gasteiger charge is -2.40. The summed E-state index contributed by atoms with van der Waals surface area (Å²) in [6.07, 6.45) is 3.37. The molecule has 8 nitrogen and oxygen atoms in total. The van der Waals surface area contributed by atoms with Crippen LogP contribution in [0.5, 0.6) is 0 Å². The average molecular weight is 394 g/mol. The normalized spacial score (nSPS) is 24.0. The number of carbonyl (C=O) groups excluding carboxylic acids is 3. The van der Waals surface area contributed by atoms with Crippen LogP contribution in [0.2, 0.25) is 0 Å². The van der Waals surface area contributed by atoms with Crippen molar-refractivity contribution in [2.75, 3.05) is 31.5 Å². The number of hydrogen-bond acceptors (Lipinski definition) is 5. The van der Waals surface area contributed by atoms with Gasteiger partial charge in [-0.25, -0.2) is 0 Å². The van der Waals surface area contributed by atoms with Crippen LogP contribution >= 0.6 is 0 Å². The second-order valence-electron chi connectivity index (χ2n) is 7.67. The van der Waals surface area contributed by atoms with Crippen LogP contribution in [0.25, 0.3) is 11.3 Å². The lowest BCUT2D eigenvalue weighted by atomic mass is 10.0. The van der Waals surface area contributed by atoms with Crippen molar-refractivity contribution in [2.45, 2.75) is 24.9 Å². The molecule has 1 aromatic carbocycles. The highest BCUT2D eigenvalue weighted by molar-refractivity contribution is 6.10. The number of nitrogens with one attached hydrogen (secondary N) is 2. The van der Waals surface area contributed by atoms with Gasteiger partial charge in [0.1, 0.15) is 11.8 Å². The summed E-state index contributed by atoms with van der Waals surface area (Å²) >= 11 is 0. The molecule has 1 aromatic heterocycles. The van der Waals surface area contributed by atoms with Gasteiger partial charge < -0.3 is 24.9 Å². The van der Waals surface area contributed by atoms with Crippen LogP contribution in [0.4, 0.5) is 5.69 Å². The lowest BCUT2D eigenvalue weighted by Crippen LogP contribution is -2.61. The fourth-order valence-corrected chi connectivity index (χ4v) is 4.36. The standard InChI is InChI=1S/C21H22N4O4/c26-19-17-12-24(21(28)16-3-1-7-22-16)8-9-25(17)20(27)14-11-13(5-6-15(14)23-19)18-4-2-10-29-18/h2,4-6,10-11,16-17,22H,1,3,7-9,12H2,(H,23,26). The molecule has 2 atom stereocenters. The molecule has 3 amide bonds. The Morgan fingerprint density at radius 3 is 2.83 bits per heavy atom. The van der Waals surface area contributed by atoms with Crippen LogP contribution in [-0.4, -0.2) is 65.8 Å². The first-order valence-corrected chi connectivity index (χ1v) is 9.94. The Balaban J connectivity index is 1.42. The Hall–Kier alpha value is -3.13. The van der Waals surface area contributed by atoms with Gasteiger partial charge in [0.05, 0.1) is 30.1 Å². The molecule has 0 spiro atoms. The molecule has 2 N–H and O–H groups in total. The summed E-state index contributed by atoms with van der Waals surface area (Å²) in [6, 6.07) is 8.03. The Kier molecular flexibility index (Phi) is 4.35. The summed E-state index contributed by atoms with van der Waals surface area (Å²) in [5.74, 6) is 0.207. The van der Waals surface area contributed by atoms with Crippen LogP contribution in [0, 0.1) is 0 Å². The predicted molar refractivity (Wildman–Crippen MR) is 105 cm³/mol. The van der Waals surface area contributed by atoms with Gasteiger partial charge >= 0.3 is 0 Å². The fraction of sp³-hybridized carbons (Fsp3) is 0.381. The molecule has 2 fully saturated rings. The van der Waals surface area contributed by atoms with Gasteiger partial charge in [-0.2, -0.15) is 0 Å². The molecule has 2 saturated heterocycles. The van der Waals surface area contributed by atoms with Crippen molar-refractivity contribution >= 4 is 23.4 Å². The monoisotopic (exact) mass is 394 g/mol. The maximum atomic E-state index is 13.3. The molecule has 3 aliphatic rings. The molecular weight excluding hydrogens is 372 g/mol. The van der Waals surface area contributed by atoms with Gasteiger partial charge in [-0.3, -0.25) is 14.4 Å². The van der Waals surface area contributed by atoms with E-state index in [4.69, 9.17) is 4.42 Å². The van der Waals surface area contributed by atoms with E-state index >= 15 is 0 Å². The number of anilines is 1. The fourth-order valence-electron chi connectivity index (χ4n) is 4.36. The zero-order valence-electron chi connectivity index (χ0n) is 15.9. The third kappa shape index (κ3) is 3.09. The van der Waals surface area contributed by atoms with Gasteiger partial charge in [0.2, 0.25) is 11.8 Å². The van der Waals surface area contributed by atoms with Gasteiger partial charge in [-0.15, -0.1) is 0 Å². The third-order valence-corrected chi connectivity index (χ3v) is 5.93. The second kappa shape index (κ2) is 7.04. The number of fused-ring (bicyclic) bond motifs is 2. The van der Waals surface area contributed by atoms with Crippen molar-refractivity contribution in [1.82, 2.24) is 15.1 Å². The molecule has 0 bridgehead atoms. The summed E-state index contributed by atoms with van der Waals surface area (Å²) in [5.41, 5.74) is 1.70. The number of rotatable bonds is 2. The van der Waals surface area contributed by atoms with Crippen molar-refractivity contribution < 1.29 is 18.8 Å². The van der Waals surface area contributed by atoms with Crippen LogP contribution in [-0.2, 0) is 9.59 Å². The van der Waals surface area contributed by atoms with E-state index in [0.717, 1.165) is 24.9 Å². The zero-order valence-corrected chi connectivity index (χ0v) is 15.9. The minimum atomic E-state index is -0.693. The molecule has 8 heteroatoms. The topological polar surface area (TPSA) is 94.9 Å². The van der Waals surface area contributed by atoms with Crippen molar-refractivity contribution in [2.24, 2.45) is 0 Å². The van der Waals surface area contributed by atoms with Crippen LogP contribution < -0.4 is 10.6 Å². The largest absolute Gasteiger partial charge is 0.464 e. The molecule has 29 heavy (non-hydrogen) atoms. The molecule has 4 heterocycles. The van der Waals surface area contributed by atoms with Gasteiger partial charge in [-0.1, -0.05) is 0 Å². The van der Waals surface area contributed by atoms with Crippen molar-refractivity contribution in [3.05, 3.63) is 42.2 Å². The number of benzene rings is 1. The molecule has 0 aliphatic carbocycles. The maximum Gasteiger partial charge on any atom is 0.256 e. The maximum absolute atomic E-state index is 13.3. The first-order chi connectivity index (χ1) is 14.1.